The molecule has 0 radical (unpaired) electrons. The van der Waals surface area contributed by atoms with Crippen molar-refractivity contribution in [1.82, 2.24) is 4.90 Å². The molecule has 3 atom stereocenters. The Morgan fingerprint density at radius 1 is 1.18 bits per heavy atom. The van der Waals surface area contributed by atoms with E-state index in [0.717, 1.165) is 11.8 Å². The van der Waals surface area contributed by atoms with Crippen LogP contribution in [0.2, 0.25) is 0 Å². The molecule has 2 N–H and O–H groups in total. The minimum Gasteiger partial charge on any atom is -0.368 e. The molecule has 1 aliphatic rings. The summed E-state index contributed by atoms with van der Waals surface area (Å²) in [7, 11) is -3.93. The average Bonchev–Trinajstić information content (AvgIpc) is 2.98. The monoisotopic (exact) mass is 402 g/mol. The molecule has 3 rings (SSSR count). The minimum absolute atomic E-state index is 0.166. The number of rotatable bonds is 7. The lowest BCUT2D eigenvalue weighted by atomic mass is 10.0. The predicted octanol–water partition coefficient (Wildman–Crippen LogP) is 2.50. The van der Waals surface area contributed by atoms with Crippen LogP contribution in [0.15, 0.2) is 47.4 Å². The van der Waals surface area contributed by atoms with Crippen molar-refractivity contribution in [1.29, 1.82) is 0 Å². The lowest BCUT2D eigenvalue weighted by Gasteiger charge is -2.24. The van der Waals surface area contributed by atoms with Gasteiger partial charge in [0.25, 0.3) is 0 Å². The highest BCUT2D eigenvalue weighted by Crippen LogP contribution is 2.36. The quantitative estimate of drug-likeness (QED) is 0.769. The second-order valence-corrected chi connectivity index (χ2v) is 9.35. The van der Waals surface area contributed by atoms with E-state index >= 15 is 0 Å². The third-order valence-electron chi connectivity index (χ3n) is 5.53. The molecule has 2 aromatic carbocycles. The van der Waals surface area contributed by atoms with Crippen LogP contribution in [0.5, 0.6) is 0 Å². The molecule has 0 bridgehead atoms. The number of carbonyl (C=O) groups excluding carboxylic acids is 2. The Morgan fingerprint density at radius 2 is 1.86 bits per heavy atom. The summed E-state index contributed by atoms with van der Waals surface area (Å²) in [5.74, 6) is -1.48. The molecule has 0 saturated carbocycles. The molecule has 1 fully saturated rings. The van der Waals surface area contributed by atoms with Crippen molar-refractivity contribution in [2.75, 3.05) is 6.54 Å². The van der Waals surface area contributed by atoms with Gasteiger partial charge in [-0.25, -0.2) is 8.42 Å². The predicted molar refractivity (Wildman–Crippen MR) is 108 cm³/mol. The zero-order valence-corrected chi connectivity index (χ0v) is 17.0. The zero-order chi connectivity index (χ0) is 20.5. The summed E-state index contributed by atoms with van der Waals surface area (Å²) >= 11 is 0. The fourth-order valence-corrected chi connectivity index (χ4v) is 6.40. The van der Waals surface area contributed by atoms with Crippen molar-refractivity contribution in [2.24, 2.45) is 11.7 Å². The highest BCUT2D eigenvalue weighted by Gasteiger charge is 2.50. The topological polar surface area (TPSA) is 97.5 Å². The van der Waals surface area contributed by atoms with Crippen molar-refractivity contribution in [2.45, 2.75) is 49.3 Å². The molecule has 7 heteroatoms. The summed E-state index contributed by atoms with van der Waals surface area (Å²) in [6, 6.07) is 11.6. The van der Waals surface area contributed by atoms with Crippen LogP contribution in [0, 0.1) is 5.92 Å². The Bertz CT molecular complexity index is 997. The molecular weight excluding hydrogens is 376 g/mol. The van der Waals surface area contributed by atoms with Gasteiger partial charge in [-0.05, 0) is 24.3 Å². The first-order valence-corrected chi connectivity index (χ1v) is 11.2. The summed E-state index contributed by atoms with van der Waals surface area (Å²) < 4.78 is 27.2. The van der Waals surface area contributed by atoms with E-state index in [9.17, 15) is 18.0 Å². The van der Waals surface area contributed by atoms with Crippen LogP contribution in [-0.2, 0) is 19.4 Å². The maximum Gasteiger partial charge on any atom is 0.242 e. The first kappa shape index (κ1) is 20.3. The molecule has 28 heavy (non-hydrogen) atoms. The van der Waals surface area contributed by atoms with E-state index in [4.69, 9.17) is 5.73 Å². The number of fused-ring (bicyclic) bond motifs is 1. The van der Waals surface area contributed by atoms with Crippen LogP contribution in [0.25, 0.3) is 10.8 Å². The first-order valence-electron chi connectivity index (χ1n) is 9.64. The van der Waals surface area contributed by atoms with Crippen LogP contribution in [0.1, 0.15) is 33.1 Å². The molecule has 2 amide bonds. The van der Waals surface area contributed by atoms with Crippen LogP contribution < -0.4 is 5.73 Å². The molecule has 0 aromatic heterocycles. The number of hydrogen-bond acceptors (Lipinski definition) is 4. The summed E-state index contributed by atoms with van der Waals surface area (Å²) in [6.45, 7) is 3.97. The minimum atomic E-state index is -3.93. The molecule has 150 valence electrons. The average molecular weight is 403 g/mol. The van der Waals surface area contributed by atoms with Gasteiger partial charge >= 0.3 is 0 Å². The Morgan fingerprint density at radius 3 is 2.50 bits per heavy atom. The molecule has 2 unspecified atom stereocenters. The summed E-state index contributed by atoms with van der Waals surface area (Å²) in [4.78, 5) is 26.5. The Labute approximate surface area is 165 Å². The summed E-state index contributed by atoms with van der Waals surface area (Å²) in [6.07, 6.45) is 1.70. The smallest absolute Gasteiger partial charge is 0.242 e. The van der Waals surface area contributed by atoms with Gasteiger partial charge in [-0.1, -0.05) is 56.7 Å². The van der Waals surface area contributed by atoms with Gasteiger partial charge in [0, 0.05) is 17.8 Å². The van der Waals surface area contributed by atoms with Gasteiger partial charge in [0.2, 0.25) is 11.8 Å². The Hall–Kier alpha value is -2.41. The van der Waals surface area contributed by atoms with Gasteiger partial charge in [-0.2, -0.15) is 0 Å². The van der Waals surface area contributed by atoms with E-state index in [1.54, 1.807) is 31.2 Å². The molecule has 0 aliphatic carbocycles. The molecule has 1 aliphatic heterocycles. The second kappa shape index (κ2) is 7.91. The van der Waals surface area contributed by atoms with Crippen molar-refractivity contribution in [3.63, 3.8) is 0 Å². The number of likely N-dealkylation sites (tertiary alicyclic amines) is 1. The fourth-order valence-electron chi connectivity index (χ4n) is 4.24. The number of nitrogens with zero attached hydrogens (tertiary/aromatic N) is 1. The van der Waals surface area contributed by atoms with Gasteiger partial charge in [0.05, 0.1) is 4.90 Å². The van der Waals surface area contributed by atoms with E-state index < -0.39 is 32.9 Å². The van der Waals surface area contributed by atoms with Crippen molar-refractivity contribution in [3.8, 4) is 0 Å². The van der Waals surface area contributed by atoms with Gasteiger partial charge in [0.1, 0.15) is 11.3 Å². The SMILES string of the molecule is CCC[C@H]1CN(C(CC)C(N)=O)C(=O)C1S(=O)(=O)c1cccc2ccccc12. The largest absolute Gasteiger partial charge is 0.368 e. The lowest BCUT2D eigenvalue weighted by Crippen LogP contribution is -2.47. The third kappa shape index (κ3) is 3.39. The van der Waals surface area contributed by atoms with Crippen molar-refractivity contribution >= 4 is 32.4 Å². The highest BCUT2D eigenvalue weighted by atomic mass is 32.2. The Kier molecular flexibility index (Phi) is 5.74. The van der Waals surface area contributed by atoms with Crippen LogP contribution in [0.4, 0.5) is 0 Å². The van der Waals surface area contributed by atoms with Crippen LogP contribution in [0.3, 0.4) is 0 Å². The molecule has 1 heterocycles. The van der Waals surface area contributed by atoms with Gasteiger partial charge in [-0.15, -0.1) is 0 Å². The van der Waals surface area contributed by atoms with Gasteiger partial charge in [0.15, 0.2) is 9.84 Å². The van der Waals surface area contributed by atoms with Crippen molar-refractivity contribution < 1.29 is 18.0 Å². The molecular formula is C21H26N2O4S. The molecule has 2 aromatic rings. The van der Waals surface area contributed by atoms with Crippen LogP contribution in [-0.4, -0.2) is 43.0 Å². The maximum atomic E-state index is 13.6. The fraction of sp³-hybridized carbons (Fsp3) is 0.429. The number of amides is 2. The van der Waals surface area contributed by atoms with E-state index in [2.05, 4.69) is 0 Å². The van der Waals surface area contributed by atoms with Gasteiger partial charge in [-0.3, -0.25) is 9.59 Å². The normalized spacial score (nSPS) is 21.2. The van der Waals surface area contributed by atoms with E-state index in [1.807, 2.05) is 25.1 Å². The number of sulfone groups is 1. The molecule has 6 nitrogen and oxygen atoms in total. The zero-order valence-electron chi connectivity index (χ0n) is 16.2. The van der Waals surface area contributed by atoms with Gasteiger partial charge < -0.3 is 10.6 Å². The van der Waals surface area contributed by atoms with E-state index in [1.165, 1.54) is 4.90 Å². The van der Waals surface area contributed by atoms with E-state index in [-0.39, 0.29) is 17.4 Å². The number of benzene rings is 2. The summed E-state index contributed by atoms with van der Waals surface area (Å²) in [5, 5.41) is 0.224. The highest BCUT2D eigenvalue weighted by molar-refractivity contribution is 7.93. The van der Waals surface area contributed by atoms with Crippen LogP contribution >= 0.6 is 0 Å². The standard InChI is InChI=1S/C21H26N2O4S/c1-3-8-15-13-23(17(4-2)20(22)24)21(25)19(15)28(26,27)18-12-7-10-14-9-5-6-11-16(14)18/h5-7,9-12,15,17,19H,3-4,8,13H2,1-2H3,(H2,22,24)/t15-,17?,19?/m0/s1. The number of hydrogen-bond donors (Lipinski definition) is 1. The Balaban J connectivity index is 2.10. The summed E-state index contributed by atoms with van der Waals surface area (Å²) in [5.41, 5.74) is 5.47. The second-order valence-electron chi connectivity index (χ2n) is 7.31. The van der Waals surface area contributed by atoms with E-state index in [0.29, 0.717) is 18.2 Å². The van der Waals surface area contributed by atoms with Crippen molar-refractivity contribution in [3.05, 3.63) is 42.5 Å². The molecule has 1 saturated heterocycles. The molecule has 0 spiro atoms. The number of primary amides is 1. The number of nitrogens with two attached hydrogens (primary N) is 1. The number of carbonyl (C=O) groups is 2. The lowest BCUT2D eigenvalue weighted by molar-refractivity contribution is -0.135. The first-order chi connectivity index (χ1) is 13.3. The third-order valence-corrected chi connectivity index (χ3v) is 7.75. The maximum absolute atomic E-state index is 13.6.